The van der Waals surface area contributed by atoms with E-state index in [9.17, 15) is 9.90 Å². The normalized spacial score (nSPS) is 11.0. The van der Waals surface area contributed by atoms with Crippen LogP contribution in [0.25, 0.3) is 5.69 Å². The predicted molar refractivity (Wildman–Crippen MR) is 106 cm³/mol. The molecule has 5 nitrogen and oxygen atoms in total. The summed E-state index contributed by atoms with van der Waals surface area (Å²) < 4.78 is 3.12. The number of hydrazone groups is 1. The number of rotatable bonds is 4. The number of para-hydroxylation sites is 2. The van der Waals surface area contributed by atoms with Gasteiger partial charge in [0.1, 0.15) is 5.75 Å². The van der Waals surface area contributed by atoms with Crippen LogP contribution in [-0.4, -0.2) is 21.8 Å². The summed E-state index contributed by atoms with van der Waals surface area (Å²) in [5.74, 6) is -0.536. The molecule has 0 bridgehead atoms. The molecule has 0 aliphatic rings. The van der Waals surface area contributed by atoms with Gasteiger partial charge in [0.05, 0.1) is 17.5 Å². The first-order valence-corrected chi connectivity index (χ1v) is 8.83. The van der Waals surface area contributed by atoms with Crippen LogP contribution in [0.3, 0.4) is 0 Å². The van der Waals surface area contributed by atoms with Crippen molar-refractivity contribution >= 4 is 28.1 Å². The van der Waals surface area contributed by atoms with E-state index in [4.69, 9.17) is 0 Å². The minimum absolute atomic E-state index is 0.0766. The molecule has 0 saturated carbocycles. The van der Waals surface area contributed by atoms with Crippen molar-refractivity contribution in [3.8, 4) is 11.4 Å². The highest BCUT2D eigenvalue weighted by Gasteiger charge is 2.12. The standard InChI is InChI=1S/C20H18BrN3O2/c1-13-11-15(14(2)24(13)18-9-5-4-8-17(18)21)12-22-23-20(26)16-7-3-6-10-19(16)25/h3-12,25H,1-2H3,(H,23,26)/b22-12-. The fraction of sp³-hybridized carbons (Fsp3) is 0.100. The predicted octanol–water partition coefficient (Wildman–Crippen LogP) is 4.33. The van der Waals surface area contributed by atoms with E-state index in [1.54, 1.807) is 24.4 Å². The first kappa shape index (κ1) is 17.9. The van der Waals surface area contributed by atoms with Gasteiger partial charge in [0.2, 0.25) is 0 Å². The Morgan fingerprint density at radius 1 is 1.15 bits per heavy atom. The zero-order valence-electron chi connectivity index (χ0n) is 14.4. The molecule has 0 fully saturated rings. The number of nitrogens with one attached hydrogen (secondary N) is 1. The zero-order valence-corrected chi connectivity index (χ0v) is 16.0. The number of phenolic OH excluding ortho intramolecular Hbond substituents is 1. The molecule has 0 unspecified atom stereocenters. The van der Waals surface area contributed by atoms with Crippen molar-refractivity contribution in [2.24, 2.45) is 5.10 Å². The van der Waals surface area contributed by atoms with Crippen molar-refractivity contribution in [1.82, 2.24) is 9.99 Å². The molecule has 26 heavy (non-hydrogen) atoms. The van der Waals surface area contributed by atoms with Crippen molar-refractivity contribution in [2.45, 2.75) is 13.8 Å². The molecule has 0 radical (unpaired) electrons. The van der Waals surface area contributed by atoms with E-state index in [0.717, 1.165) is 27.1 Å². The Labute approximate surface area is 160 Å². The summed E-state index contributed by atoms with van der Waals surface area (Å²) >= 11 is 3.58. The number of aromatic nitrogens is 1. The third-order valence-corrected chi connectivity index (χ3v) is 4.75. The number of aryl methyl sites for hydroxylation is 1. The Kier molecular flexibility index (Phi) is 5.23. The number of benzene rings is 2. The molecular weight excluding hydrogens is 394 g/mol. The number of hydrogen-bond donors (Lipinski definition) is 2. The molecule has 0 spiro atoms. The van der Waals surface area contributed by atoms with E-state index in [1.165, 1.54) is 6.07 Å². The third-order valence-electron chi connectivity index (χ3n) is 4.08. The number of aromatic hydroxyl groups is 1. The minimum Gasteiger partial charge on any atom is -0.507 e. The lowest BCUT2D eigenvalue weighted by molar-refractivity contribution is 0.0952. The Morgan fingerprint density at radius 2 is 1.85 bits per heavy atom. The Hall–Kier alpha value is -2.86. The lowest BCUT2D eigenvalue weighted by Gasteiger charge is -2.11. The molecule has 0 atom stereocenters. The summed E-state index contributed by atoms with van der Waals surface area (Å²) in [5, 5.41) is 13.7. The van der Waals surface area contributed by atoms with Crippen molar-refractivity contribution in [2.75, 3.05) is 0 Å². The largest absolute Gasteiger partial charge is 0.507 e. The van der Waals surface area contributed by atoms with E-state index in [2.05, 4.69) is 31.0 Å². The van der Waals surface area contributed by atoms with Crippen LogP contribution in [0.15, 0.2) is 64.2 Å². The zero-order chi connectivity index (χ0) is 18.7. The van der Waals surface area contributed by atoms with Crippen molar-refractivity contribution in [3.05, 3.63) is 81.6 Å². The third kappa shape index (κ3) is 3.55. The summed E-state index contributed by atoms with van der Waals surface area (Å²) in [5.41, 5.74) is 6.64. The number of nitrogens with zero attached hydrogens (tertiary/aromatic N) is 2. The molecule has 3 rings (SSSR count). The highest BCUT2D eigenvalue weighted by molar-refractivity contribution is 9.10. The smallest absolute Gasteiger partial charge is 0.275 e. The van der Waals surface area contributed by atoms with E-state index in [0.29, 0.717) is 0 Å². The van der Waals surface area contributed by atoms with Crippen LogP contribution in [-0.2, 0) is 0 Å². The first-order chi connectivity index (χ1) is 12.5. The van der Waals surface area contributed by atoms with Crippen molar-refractivity contribution < 1.29 is 9.90 Å². The van der Waals surface area contributed by atoms with Gasteiger partial charge in [0, 0.05) is 21.4 Å². The van der Waals surface area contributed by atoms with Gasteiger partial charge in [-0.25, -0.2) is 5.43 Å². The topological polar surface area (TPSA) is 66.6 Å². The lowest BCUT2D eigenvalue weighted by Crippen LogP contribution is -2.17. The number of carbonyl (C=O) groups excluding carboxylic acids is 1. The molecule has 1 amide bonds. The van der Waals surface area contributed by atoms with E-state index in [1.807, 2.05) is 44.2 Å². The molecule has 0 aliphatic heterocycles. The highest BCUT2D eigenvalue weighted by Crippen LogP contribution is 2.26. The van der Waals surface area contributed by atoms with Crippen LogP contribution in [0.4, 0.5) is 0 Å². The monoisotopic (exact) mass is 411 g/mol. The van der Waals surface area contributed by atoms with E-state index < -0.39 is 5.91 Å². The summed E-state index contributed by atoms with van der Waals surface area (Å²) in [6, 6.07) is 16.3. The molecule has 132 valence electrons. The molecule has 3 aromatic rings. The average Bonchev–Trinajstić information content (AvgIpc) is 2.90. The van der Waals surface area contributed by atoms with Crippen LogP contribution in [0.5, 0.6) is 5.75 Å². The van der Waals surface area contributed by atoms with Crippen LogP contribution >= 0.6 is 15.9 Å². The van der Waals surface area contributed by atoms with Crippen LogP contribution in [0.2, 0.25) is 0 Å². The van der Waals surface area contributed by atoms with Gasteiger partial charge in [-0.15, -0.1) is 0 Å². The fourth-order valence-corrected chi connectivity index (χ4v) is 3.27. The van der Waals surface area contributed by atoms with Crippen molar-refractivity contribution in [1.29, 1.82) is 0 Å². The molecule has 2 N–H and O–H groups in total. The quantitative estimate of drug-likeness (QED) is 0.495. The first-order valence-electron chi connectivity index (χ1n) is 8.04. The summed E-state index contributed by atoms with van der Waals surface area (Å²) in [7, 11) is 0. The van der Waals surface area contributed by atoms with Gasteiger partial charge >= 0.3 is 0 Å². The van der Waals surface area contributed by atoms with Gasteiger partial charge in [0.15, 0.2) is 0 Å². The summed E-state index contributed by atoms with van der Waals surface area (Å²) in [6.45, 7) is 4.02. The summed E-state index contributed by atoms with van der Waals surface area (Å²) in [6.07, 6.45) is 1.60. The maximum Gasteiger partial charge on any atom is 0.275 e. The second-order valence-corrected chi connectivity index (χ2v) is 6.68. The molecule has 1 aromatic heterocycles. The average molecular weight is 412 g/mol. The van der Waals surface area contributed by atoms with Gasteiger partial charge in [0.25, 0.3) is 5.91 Å². The SMILES string of the molecule is Cc1cc(/C=N\NC(=O)c2ccccc2O)c(C)n1-c1ccccc1Br. The van der Waals surface area contributed by atoms with Gasteiger partial charge in [-0.2, -0.15) is 5.10 Å². The number of carbonyl (C=O) groups is 1. The van der Waals surface area contributed by atoms with Gasteiger partial charge in [-0.3, -0.25) is 4.79 Å². The second-order valence-electron chi connectivity index (χ2n) is 5.83. The second kappa shape index (κ2) is 7.58. The van der Waals surface area contributed by atoms with Crippen LogP contribution in [0, 0.1) is 13.8 Å². The number of phenols is 1. The van der Waals surface area contributed by atoms with Gasteiger partial charge < -0.3 is 9.67 Å². The molecule has 1 heterocycles. The Morgan fingerprint density at radius 3 is 2.58 bits per heavy atom. The maximum absolute atomic E-state index is 12.1. The van der Waals surface area contributed by atoms with Crippen molar-refractivity contribution in [3.63, 3.8) is 0 Å². The maximum atomic E-state index is 12.1. The van der Waals surface area contributed by atoms with Gasteiger partial charge in [-0.1, -0.05) is 24.3 Å². The highest BCUT2D eigenvalue weighted by atomic mass is 79.9. The molecule has 0 saturated heterocycles. The summed E-state index contributed by atoms with van der Waals surface area (Å²) in [4.78, 5) is 12.1. The minimum atomic E-state index is -0.459. The number of hydrogen-bond acceptors (Lipinski definition) is 3. The number of amides is 1. The van der Waals surface area contributed by atoms with Crippen LogP contribution < -0.4 is 5.43 Å². The lowest BCUT2D eigenvalue weighted by atomic mass is 10.2. The molecule has 2 aromatic carbocycles. The molecule has 6 heteroatoms. The molecular formula is C20H18BrN3O2. The van der Waals surface area contributed by atoms with Gasteiger partial charge in [-0.05, 0) is 60.1 Å². The Bertz CT molecular complexity index is 992. The van der Waals surface area contributed by atoms with E-state index in [-0.39, 0.29) is 11.3 Å². The Balaban J connectivity index is 1.82. The molecule has 0 aliphatic carbocycles. The van der Waals surface area contributed by atoms with Crippen LogP contribution in [0.1, 0.15) is 27.3 Å². The number of halogens is 1. The fourth-order valence-electron chi connectivity index (χ4n) is 2.81. The van der Waals surface area contributed by atoms with E-state index >= 15 is 0 Å².